The first-order valence-electron chi connectivity index (χ1n) is 8.94. The lowest BCUT2D eigenvalue weighted by Gasteiger charge is -2.07. The Morgan fingerprint density at radius 1 is 1.21 bits per heavy atom. The first kappa shape index (κ1) is 17.9. The summed E-state index contributed by atoms with van der Waals surface area (Å²) in [5.41, 5.74) is 0.813. The SMILES string of the molecule is Clc1cccc(-c2nc(CSc3nnc(-c4cccs4)n3CC3CC3)no2)c1. The number of hydrogen-bond acceptors (Lipinski definition) is 7. The molecule has 3 aromatic heterocycles. The van der Waals surface area contributed by atoms with E-state index in [0.29, 0.717) is 22.5 Å². The van der Waals surface area contributed by atoms with Gasteiger partial charge in [-0.1, -0.05) is 40.7 Å². The Morgan fingerprint density at radius 2 is 2.14 bits per heavy atom. The molecule has 0 saturated heterocycles. The lowest BCUT2D eigenvalue weighted by Crippen LogP contribution is -2.04. The number of halogens is 1. The van der Waals surface area contributed by atoms with E-state index in [-0.39, 0.29) is 0 Å². The maximum absolute atomic E-state index is 6.04. The summed E-state index contributed by atoms with van der Waals surface area (Å²) in [4.78, 5) is 5.63. The molecule has 0 atom stereocenters. The van der Waals surface area contributed by atoms with Crippen molar-refractivity contribution in [3.63, 3.8) is 0 Å². The highest BCUT2D eigenvalue weighted by Crippen LogP contribution is 2.35. The highest BCUT2D eigenvalue weighted by molar-refractivity contribution is 7.98. The third-order valence-corrected chi connectivity index (χ3v) is 6.53. The summed E-state index contributed by atoms with van der Waals surface area (Å²) >= 11 is 9.31. The molecule has 1 aliphatic rings. The van der Waals surface area contributed by atoms with Crippen LogP contribution in [-0.4, -0.2) is 24.9 Å². The fourth-order valence-electron chi connectivity index (χ4n) is 2.89. The van der Waals surface area contributed by atoms with E-state index in [4.69, 9.17) is 16.1 Å². The molecule has 0 aliphatic heterocycles. The van der Waals surface area contributed by atoms with Gasteiger partial charge in [-0.05, 0) is 48.4 Å². The van der Waals surface area contributed by atoms with Crippen molar-refractivity contribution in [1.82, 2.24) is 24.9 Å². The van der Waals surface area contributed by atoms with Gasteiger partial charge in [-0.2, -0.15) is 4.98 Å². The van der Waals surface area contributed by atoms with Crippen LogP contribution >= 0.6 is 34.7 Å². The summed E-state index contributed by atoms with van der Waals surface area (Å²) in [6.07, 6.45) is 2.56. The predicted molar refractivity (Wildman–Crippen MR) is 110 cm³/mol. The van der Waals surface area contributed by atoms with Gasteiger partial charge in [0.05, 0.1) is 10.6 Å². The zero-order chi connectivity index (χ0) is 18.9. The molecule has 9 heteroatoms. The molecule has 3 heterocycles. The largest absolute Gasteiger partial charge is 0.334 e. The van der Waals surface area contributed by atoms with Gasteiger partial charge in [-0.3, -0.25) is 0 Å². The Hall–Kier alpha value is -2.16. The monoisotopic (exact) mass is 429 g/mol. The standard InChI is InChI=1S/C19H16ClN5OS2/c20-14-4-1-3-13(9-14)18-21-16(24-26-18)11-28-19-23-22-17(15-5-2-8-27-15)25(19)10-12-6-7-12/h1-5,8-9,12H,6-7,10-11H2. The summed E-state index contributed by atoms with van der Waals surface area (Å²) in [5, 5.41) is 16.6. The first-order chi connectivity index (χ1) is 13.8. The number of thiophene rings is 1. The molecule has 0 radical (unpaired) electrons. The maximum atomic E-state index is 6.04. The topological polar surface area (TPSA) is 69.6 Å². The van der Waals surface area contributed by atoms with Crippen molar-refractivity contribution in [2.75, 3.05) is 0 Å². The van der Waals surface area contributed by atoms with E-state index >= 15 is 0 Å². The van der Waals surface area contributed by atoms with E-state index in [9.17, 15) is 0 Å². The van der Waals surface area contributed by atoms with E-state index in [1.165, 1.54) is 12.8 Å². The van der Waals surface area contributed by atoms with Crippen molar-refractivity contribution in [3.8, 4) is 22.2 Å². The summed E-state index contributed by atoms with van der Waals surface area (Å²) < 4.78 is 7.62. The highest BCUT2D eigenvalue weighted by Gasteiger charge is 2.26. The molecular weight excluding hydrogens is 414 g/mol. The average Bonchev–Trinajstić information content (AvgIpc) is 3.10. The molecule has 4 aromatic rings. The molecule has 0 N–H and O–H groups in total. The summed E-state index contributed by atoms with van der Waals surface area (Å²) in [7, 11) is 0. The third kappa shape index (κ3) is 3.85. The highest BCUT2D eigenvalue weighted by atomic mass is 35.5. The van der Waals surface area contributed by atoms with Gasteiger partial charge in [0.1, 0.15) is 0 Å². The molecule has 6 nitrogen and oxygen atoms in total. The summed E-state index contributed by atoms with van der Waals surface area (Å²) in [6.45, 7) is 0.961. The second-order valence-electron chi connectivity index (χ2n) is 6.65. The van der Waals surface area contributed by atoms with Gasteiger partial charge in [0.2, 0.25) is 0 Å². The molecule has 142 valence electrons. The van der Waals surface area contributed by atoms with Crippen LogP contribution in [0.25, 0.3) is 22.2 Å². The maximum Gasteiger partial charge on any atom is 0.258 e. The van der Waals surface area contributed by atoms with Gasteiger partial charge < -0.3 is 9.09 Å². The van der Waals surface area contributed by atoms with Crippen LogP contribution in [0, 0.1) is 5.92 Å². The van der Waals surface area contributed by atoms with E-state index in [1.54, 1.807) is 23.1 Å². The molecule has 1 saturated carbocycles. The quantitative estimate of drug-likeness (QED) is 0.366. The summed E-state index contributed by atoms with van der Waals surface area (Å²) in [6, 6.07) is 11.5. The van der Waals surface area contributed by atoms with Gasteiger partial charge in [-0.15, -0.1) is 21.5 Å². The smallest absolute Gasteiger partial charge is 0.258 e. The molecule has 0 spiro atoms. The van der Waals surface area contributed by atoms with E-state index in [0.717, 1.165) is 33.9 Å². The van der Waals surface area contributed by atoms with E-state index in [1.807, 2.05) is 30.3 Å². The first-order valence-corrected chi connectivity index (χ1v) is 11.2. The fourth-order valence-corrected chi connectivity index (χ4v) is 4.59. The van der Waals surface area contributed by atoms with Gasteiger partial charge in [0.25, 0.3) is 5.89 Å². The Labute approximate surface area is 175 Å². The number of rotatable bonds is 7. The molecular formula is C19H16ClN5OS2. The minimum Gasteiger partial charge on any atom is -0.334 e. The zero-order valence-electron chi connectivity index (χ0n) is 14.8. The van der Waals surface area contributed by atoms with Crippen molar-refractivity contribution >= 4 is 34.7 Å². The van der Waals surface area contributed by atoms with Crippen LogP contribution in [0.1, 0.15) is 18.7 Å². The molecule has 5 rings (SSSR count). The van der Waals surface area contributed by atoms with E-state index < -0.39 is 0 Å². The molecule has 28 heavy (non-hydrogen) atoms. The Morgan fingerprint density at radius 3 is 2.93 bits per heavy atom. The Kier molecular flexibility index (Phi) is 4.92. The number of aromatic nitrogens is 5. The van der Waals surface area contributed by atoms with Crippen molar-refractivity contribution in [3.05, 3.63) is 52.6 Å². The fraction of sp³-hybridized carbons (Fsp3) is 0.263. The molecule has 1 aromatic carbocycles. The van der Waals surface area contributed by atoms with Gasteiger partial charge >= 0.3 is 0 Å². The second-order valence-corrected chi connectivity index (χ2v) is 8.98. The molecule has 1 fully saturated rings. The number of hydrogen-bond donors (Lipinski definition) is 0. The lowest BCUT2D eigenvalue weighted by molar-refractivity contribution is 0.425. The lowest BCUT2D eigenvalue weighted by atomic mass is 10.2. The number of nitrogens with zero attached hydrogens (tertiary/aromatic N) is 5. The Bertz CT molecular complexity index is 1090. The normalized spacial score (nSPS) is 13.9. The van der Waals surface area contributed by atoms with Crippen molar-refractivity contribution in [2.24, 2.45) is 5.92 Å². The van der Waals surface area contributed by atoms with Crippen molar-refractivity contribution < 1.29 is 4.52 Å². The third-order valence-electron chi connectivity index (χ3n) is 4.47. The van der Waals surface area contributed by atoms with Gasteiger partial charge in [-0.25, -0.2) is 0 Å². The number of thioether (sulfide) groups is 1. The summed E-state index contributed by atoms with van der Waals surface area (Å²) in [5.74, 6) is 3.33. The average molecular weight is 430 g/mol. The van der Waals surface area contributed by atoms with Crippen molar-refractivity contribution in [1.29, 1.82) is 0 Å². The predicted octanol–water partition coefficient (Wildman–Crippen LogP) is 5.41. The molecule has 1 aliphatic carbocycles. The molecule has 0 amide bonds. The van der Waals surface area contributed by atoms with Crippen LogP contribution in [-0.2, 0) is 12.3 Å². The Balaban J connectivity index is 1.34. The van der Waals surface area contributed by atoms with Crippen LogP contribution in [0.15, 0.2) is 51.5 Å². The van der Waals surface area contributed by atoms with E-state index in [2.05, 4.69) is 36.4 Å². The van der Waals surface area contributed by atoms with Gasteiger partial charge in [0, 0.05) is 17.1 Å². The van der Waals surface area contributed by atoms with Crippen LogP contribution < -0.4 is 0 Å². The van der Waals surface area contributed by atoms with Crippen LogP contribution in [0.3, 0.4) is 0 Å². The molecule has 0 unspecified atom stereocenters. The van der Waals surface area contributed by atoms with Crippen molar-refractivity contribution in [2.45, 2.75) is 30.3 Å². The molecule has 0 bridgehead atoms. The minimum absolute atomic E-state index is 0.469. The van der Waals surface area contributed by atoms with Crippen LogP contribution in [0.5, 0.6) is 0 Å². The van der Waals surface area contributed by atoms with Crippen LogP contribution in [0.2, 0.25) is 5.02 Å². The second kappa shape index (κ2) is 7.69. The zero-order valence-corrected chi connectivity index (χ0v) is 17.2. The number of benzene rings is 1. The minimum atomic E-state index is 0.469. The van der Waals surface area contributed by atoms with Gasteiger partial charge in [0.15, 0.2) is 16.8 Å². The van der Waals surface area contributed by atoms with Crippen LogP contribution in [0.4, 0.5) is 0 Å².